The fourth-order valence-electron chi connectivity index (χ4n) is 2.89. The summed E-state index contributed by atoms with van der Waals surface area (Å²) < 4.78 is 2.46. The van der Waals surface area contributed by atoms with E-state index in [9.17, 15) is 9.59 Å². The molecule has 1 unspecified atom stereocenters. The topological polar surface area (TPSA) is 64.0 Å². The Labute approximate surface area is 160 Å². The van der Waals surface area contributed by atoms with Crippen molar-refractivity contribution in [2.45, 2.75) is 32.9 Å². The number of halogens is 1. The van der Waals surface area contributed by atoms with Gasteiger partial charge in [0.15, 0.2) is 0 Å². The van der Waals surface area contributed by atoms with Gasteiger partial charge in [0.05, 0.1) is 23.3 Å². The number of benzene rings is 2. The quantitative estimate of drug-likeness (QED) is 0.692. The van der Waals surface area contributed by atoms with Crippen LogP contribution in [0, 0.1) is 6.92 Å². The molecule has 26 heavy (non-hydrogen) atoms. The van der Waals surface area contributed by atoms with Crippen LogP contribution in [0.3, 0.4) is 0 Å². The highest BCUT2D eigenvalue weighted by Crippen LogP contribution is 2.18. The summed E-state index contributed by atoms with van der Waals surface area (Å²) in [4.78, 5) is 29.2. The number of aromatic nitrogens is 2. The molecule has 0 saturated carbocycles. The van der Waals surface area contributed by atoms with E-state index in [2.05, 4.69) is 26.2 Å². The van der Waals surface area contributed by atoms with Gasteiger partial charge >= 0.3 is 0 Å². The van der Waals surface area contributed by atoms with Crippen molar-refractivity contribution in [2.75, 3.05) is 0 Å². The van der Waals surface area contributed by atoms with Gasteiger partial charge in [0.25, 0.3) is 5.56 Å². The van der Waals surface area contributed by atoms with E-state index in [4.69, 9.17) is 0 Å². The Morgan fingerprint density at radius 2 is 2.04 bits per heavy atom. The Balaban J connectivity index is 1.67. The first kappa shape index (κ1) is 18.3. The van der Waals surface area contributed by atoms with Crippen LogP contribution in [-0.4, -0.2) is 15.5 Å². The molecule has 1 atom stereocenters. The third-order valence-electron chi connectivity index (χ3n) is 4.36. The number of hydrogen-bond donors (Lipinski definition) is 1. The molecule has 1 aromatic heterocycles. The lowest BCUT2D eigenvalue weighted by molar-refractivity contribution is -0.121. The molecule has 0 bridgehead atoms. The smallest absolute Gasteiger partial charge is 0.261 e. The number of rotatable bonds is 5. The predicted octanol–water partition coefficient (Wildman–Crippen LogP) is 3.73. The lowest BCUT2D eigenvalue weighted by Crippen LogP contribution is -2.29. The third-order valence-corrected chi connectivity index (χ3v) is 4.85. The fourth-order valence-corrected chi connectivity index (χ4v) is 3.31. The molecule has 0 aliphatic heterocycles. The lowest BCUT2D eigenvalue weighted by Gasteiger charge is -2.15. The number of nitrogens with zero attached hydrogens (tertiary/aromatic N) is 2. The largest absolute Gasteiger partial charge is 0.350 e. The van der Waals surface area contributed by atoms with E-state index in [1.54, 1.807) is 6.07 Å². The first-order valence-corrected chi connectivity index (χ1v) is 9.24. The van der Waals surface area contributed by atoms with E-state index >= 15 is 0 Å². The number of fused-ring (bicyclic) bond motifs is 1. The number of carbonyl (C=O) groups excluding carboxylic acids is 1. The highest BCUT2D eigenvalue weighted by Gasteiger charge is 2.11. The maximum absolute atomic E-state index is 12.6. The van der Waals surface area contributed by atoms with Crippen molar-refractivity contribution in [1.82, 2.24) is 14.9 Å². The van der Waals surface area contributed by atoms with Crippen LogP contribution in [0.2, 0.25) is 0 Å². The van der Waals surface area contributed by atoms with Gasteiger partial charge in [-0.15, -0.1) is 0 Å². The van der Waals surface area contributed by atoms with Gasteiger partial charge < -0.3 is 5.32 Å². The minimum atomic E-state index is -0.119. The average molecular weight is 414 g/mol. The number of carbonyl (C=O) groups is 1. The molecule has 2 aromatic carbocycles. The molecular weight excluding hydrogens is 394 g/mol. The summed E-state index contributed by atoms with van der Waals surface area (Å²) in [6.45, 7) is 4.16. The van der Waals surface area contributed by atoms with E-state index in [0.29, 0.717) is 17.4 Å². The van der Waals surface area contributed by atoms with Crippen LogP contribution in [0.4, 0.5) is 0 Å². The molecule has 0 aliphatic carbocycles. The van der Waals surface area contributed by atoms with Crippen LogP contribution in [0.15, 0.2) is 58.1 Å². The molecule has 0 saturated heterocycles. The molecule has 1 heterocycles. The normalized spacial score (nSPS) is 12.1. The van der Waals surface area contributed by atoms with E-state index in [1.165, 1.54) is 10.9 Å². The Kier molecular flexibility index (Phi) is 5.52. The van der Waals surface area contributed by atoms with Crippen molar-refractivity contribution in [3.63, 3.8) is 0 Å². The molecule has 0 radical (unpaired) electrons. The van der Waals surface area contributed by atoms with Gasteiger partial charge in [-0.1, -0.05) is 40.2 Å². The zero-order valence-electron chi connectivity index (χ0n) is 14.7. The maximum Gasteiger partial charge on any atom is 0.261 e. The molecule has 1 amide bonds. The minimum Gasteiger partial charge on any atom is -0.350 e. The van der Waals surface area contributed by atoms with Gasteiger partial charge in [-0.2, -0.15) is 0 Å². The summed E-state index contributed by atoms with van der Waals surface area (Å²) in [5, 5.41) is 3.54. The van der Waals surface area contributed by atoms with Gasteiger partial charge in [0.2, 0.25) is 5.91 Å². The zero-order chi connectivity index (χ0) is 18.7. The Morgan fingerprint density at radius 3 is 2.81 bits per heavy atom. The molecule has 3 aromatic rings. The first-order valence-electron chi connectivity index (χ1n) is 8.45. The first-order chi connectivity index (χ1) is 12.5. The molecule has 0 fully saturated rings. The molecule has 3 rings (SSSR count). The highest BCUT2D eigenvalue weighted by atomic mass is 79.9. The summed E-state index contributed by atoms with van der Waals surface area (Å²) in [7, 11) is 0. The number of para-hydroxylation sites is 1. The Bertz CT molecular complexity index is 1010. The Morgan fingerprint density at radius 1 is 1.27 bits per heavy atom. The van der Waals surface area contributed by atoms with Gasteiger partial charge in [-0.05, 0) is 43.2 Å². The van der Waals surface area contributed by atoms with Crippen molar-refractivity contribution in [2.24, 2.45) is 0 Å². The van der Waals surface area contributed by atoms with E-state index in [1.807, 2.05) is 50.2 Å². The van der Waals surface area contributed by atoms with Crippen molar-refractivity contribution in [3.8, 4) is 0 Å². The monoisotopic (exact) mass is 413 g/mol. The summed E-state index contributed by atoms with van der Waals surface area (Å²) >= 11 is 3.43. The van der Waals surface area contributed by atoms with Gasteiger partial charge in [-0.25, -0.2) is 4.98 Å². The Hall–Kier alpha value is -2.47. The van der Waals surface area contributed by atoms with Crippen molar-refractivity contribution < 1.29 is 4.79 Å². The van der Waals surface area contributed by atoms with Gasteiger partial charge in [0, 0.05) is 17.4 Å². The molecule has 5 nitrogen and oxygen atoms in total. The highest BCUT2D eigenvalue weighted by molar-refractivity contribution is 9.10. The van der Waals surface area contributed by atoms with Crippen molar-refractivity contribution in [1.29, 1.82) is 0 Å². The van der Waals surface area contributed by atoms with Gasteiger partial charge in [0.1, 0.15) is 0 Å². The average Bonchev–Trinajstić information content (AvgIpc) is 2.62. The number of amides is 1. The standard InChI is InChI=1S/C20H20BrN3O2/c1-13-5-3-8-17-19(13)22-12-24(20(17)26)10-9-18(25)23-14(2)15-6-4-7-16(21)11-15/h3-8,11-12,14H,9-10H2,1-2H3,(H,23,25). The fraction of sp³-hybridized carbons (Fsp3) is 0.250. The van der Waals surface area contributed by atoms with Crippen LogP contribution in [-0.2, 0) is 11.3 Å². The second-order valence-electron chi connectivity index (χ2n) is 6.31. The molecule has 134 valence electrons. The lowest BCUT2D eigenvalue weighted by atomic mass is 10.1. The number of aryl methyl sites for hydroxylation is 2. The van der Waals surface area contributed by atoms with Gasteiger partial charge in [-0.3, -0.25) is 14.2 Å². The zero-order valence-corrected chi connectivity index (χ0v) is 16.3. The van der Waals surface area contributed by atoms with Crippen LogP contribution in [0.5, 0.6) is 0 Å². The summed E-state index contributed by atoms with van der Waals surface area (Å²) in [6.07, 6.45) is 1.74. The second kappa shape index (κ2) is 7.83. The van der Waals surface area contributed by atoms with E-state index in [0.717, 1.165) is 15.6 Å². The SMILES string of the molecule is Cc1cccc2c(=O)n(CCC(=O)NC(C)c3cccc(Br)c3)cnc12. The minimum absolute atomic E-state index is 0.103. The van der Waals surface area contributed by atoms with E-state index in [-0.39, 0.29) is 23.9 Å². The van der Waals surface area contributed by atoms with Crippen LogP contribution >= 0.6 is 15.9 Å². The summed E-state index contributed by atoms with van der Waals surface area (Å²) in [6, 6.07) is 13.3. The second-order valence-corrected chi connectivity index (χ2v) is 7.22. The van der Waals surface area contributed by atoms with Crippen LogP contribution in [0.1, 0.15) is 30.5 Å². The number of nitrogens with one attached hydrogen (secondary N) is 1. The molecule has 0 spiro atoms. The predicted molar refractivity (Wildman–Crippen MR) is 106 cm³/mol. The van der Waals surface area contributed by atoms with Crippen LogP contribution in [0.25, 0.3) is 10.9 Å². The van der Waals surface area contributed by atoms with Crippen LogP contribution < -0.4 is 10.9 Å². The van der Waals surface area contributed by atoms with Crippen molar-refractivity contribution >= 4 is 32.7 Å². The summed E-state index contributed by atoms with van der Waals surface area (Å²) in [5.41, 5.74) is 2.58. The number of hydrogen-bond acceptors (Lipinski definition) is 3. The summed E-state index contributed by atoms with van der Waals surface area (Å²) in [5.74, 6) is -0.103. The molecular formula is C20H20BrN3O2. The molecule has 6 heteroatoms. The molecule has 0 aliphatic rings. The van der Waals surface area contributed by atoms with E-state index < -0.39 is 0 Å². The third kappa shape index (κ3) is 4.02. The maximum atomic E-state index is 12.6. The molecule has 1 N–H and O–H groups in total. The van der Waals surface area contributed by atoms with Crippen molar-refractivity contribution in [3.05, 3.63) is 74.7 Å².